The first kappa shape index (κ1) is 11.5. The van der Waals surface area contributed by atoms with Gasteiger partial charge in [0.05, 0.1) is 18.4 Å². The summed E-state index contributed by atoms with van der Waals surface area (Å²) in [6, 6.07) is 6.78. The third-order valence-electron chi connectivity index (χ3n) is 2.67. The zero-order valence-electron chi connectivity index (χ0n) is 9.43. The van der Waals surface area contributed by atoms with Crippen molar-refractivity contribution in [2.24, 2.45) is 0 Å². The standard InChI is InChI=1S/C13H15NO3/c15-13(16)10-4-3-5-11(8-10)14-9-12-6-1-2-7-17-12/h2-5,7-8,12,14H,1,6,9H2,(H,15,16). The Balaban J connectivity index is 1.92. The number of hydrogen-bond acceptors (Lipinski definition) is 3. The van der Waals surface area contributed by atoms with Crippen LogP contribution in [0.4, 0.5) is 5.69 Å². The van der Waals surface area contributed by atoms with Crippen molar-refractivity contribution in [2.75, 3.05) is 11.9 Å². The lowest BCUT2D eigenvalue weighted by Gasteiger charge is -2.20. The first-order chi connectivity index (χ1) is 8.25. The van der Waals surface area contributed by atoms with E-state index in [0.717, 1.165) is 18.5 Å². The summed E-state index contributed by atoms with van der Waals surface area (Å²) in [6.07, 6.45) is 5.91. The van der Waals surface area contributed by atoms with Crippen LogP contribution >= 0.6 is 0 Å². The summed E-state index contributed by atoms with van der Waals surface area (Å²) in [5.74, 6) is -0.912. The highest BCUT2D eigenvalue weighted by Gasteiger charge is 2.10. The van der Waals surface area contributed by atoms with Crippen LogP contribution in [0.5, 0.6) is 0 Å². The highest BCUT2D eigenvalue weighted by atomic mass is 16.5. The van der Waals surface area contributed by atoms with Crippen LogP contribution in [-0.4, -0.2) is 23.7 Å². The lowest BCUT2D eigenvalue weighted by atomic mass is 10.1. The largest absolute Gasteiger partial charge is 0.497 e. The van der Waals surface area contributed by atoms with Gasteiger partial charge in [-0.05, 0) is 37.1 Å². The minimum absolute atomic E-state index is 0.161. The molecule has 2 rings (SSSR count). The van der Waals surface area contributed by atoms with Crippen LogP contribution in [0, 0.1) is 0 Å². The van der Waals surface area contributed by atoms with Gasteiger partial charge in [0.2, 0.25) is 0 Å². The molecule has 0 saturated heterocycles. The molecular weight excluding hydrogens is 218 g/mol. The molecule has 2 N–H and O–H groups in total. The molecule has 1 aromatic carbocycles. The van der Waals surface area contributed by atoms with Gasteiger partial charge in [-0.2, -0.15) is 0 Å². The van der Waals surface area contributed by atoms with Crippen molar-refractivity contribution in [3.05, 3.63) is 42.2 Å². The predicted molar refractivity (Wildman–Crippen MR) is 65.1 cm³/mol. The van der Waals surface area contributed by atoms with E-state index >= 15 is 0 Å². The molecule has 0 aromatic heterocycles. The van der Waals surface area contributed by atoms with E-state index < -0.39 is 5.97 Å². The lowest BCUT2D eigenvalue weighted by molar-refractivity contribution is 0.0697. The Labute approximate surface area is 99.9 Å². The Morgan fingerprint density at radius 1 is 1.53 bits per heavy atom. The van der Waals surface area contributed by atoms with Crippen molar-refractivity contribution in [1.29, 1.82) is 0 Å². The molecule has 1 aromatic rings. The second-order valence-electron chi connectivity index (χ2n) is 3.97. The Hall–Kier alpha value is -1.97. The number of aromatic carboxylic acids is 1. The van der Waals surface area contributed by atoms with Crippen LogP contribution in [0.25, 0.3) is 0 Å². The molecule has 0 fully saturated rings. The van der Waals surface area contributed by atoms with E-state index in [4.69, 9.17) is 9.84 Å². The molecule has 17 heavy (non-hydrogen) atoms. The van der Waals surface area contributed by atoms with Crippen molar-refractivity contribution in [3.8, 4) is 0 Å². The van der Waals surface area contributed by atoms with E-state index in [2.05, 4.69) is 5.32 Å². The van der Waals surface area contributed by atoms with Gasteiger partial charge in [0, 0.05) is 5.69 Å². The van der Waals surface area contributed by atoms with Gasteiger partial charge in [-0.1, -0.05) is 6.07 Å². The number of ether oxygens (including phenoxy) is 1. The second kappa shape index (κ2) is 5.39. The zero-order chi connectivity index (χ0) is 12.1. The number of carbonyl (C=O) groups is 1. The van der Waals surface area contributed by atoms with Crippen LogP contribution in [0.15, 0.2) is 36.6 Å². The molecule has 1 heterocycles. The molecule has 0 radical (unpaired) electrons. The number of anilines is 1. The third-order valence-corrected chi connectivity index (χ3v) is 2.67. The van der Waals surface area contributed by atoms with Crippen molar-refractivity contribution < 1.29 is 14.6 Å². The highest BCUT2D eigenvalue weighted by Crippen LogP contribution is 2.14. The van der Waals surface area contributed by atoms with Crippen molar-refractivity contribution >= 4 is 11.7 Å². The number of hydrogen-bond donors (Lipinski definition) is 2. The highest BCUT2D eigenvalue weighted by molar-refractivity contribution is 5.88. The summed E-state index contributed by atoms with van der Waals surface area (Å²) in [7, 11) is 0. The summed E-state index contributed by atoms with van der Waals surface area (Å²) in [5, 5.41) is 12.1. The number of carboxylic acids is 1. The fourth-order valence-corrected chi connectivity index (χ4v) is 1.73. The average molecular weight is 233 g/mol. The Morgan fingerprint density at radius 3 is 3.12 bits per heavy atom. The maximum atomic E-state index is 10.8. The van der Waals surface area contributed by atoms with E-state index in [1.54, 1.807) is 24.5 Å². The van der Waals surface area contributed by atoms with Gasteiger partial charge in [-0.3, -0.25) is 0 Å². The molecule has 1 unspecified atom stereocenters. The van der Waals surface area contributed by atoms with Crippen molar-refractivity contribution in [2.45, 2.75) is 18.9 Å². The van der Waals surface area contributed by atoms with E-state index in [9.17, 15) is 4.79 Å². The minimum Gasteiger partial charge on any atom is -0.497 e. The fraction of sp³-hybridized carbons (Fsp3) is 0.308. The van der Waals surface area contributed by atoms with Gasteiger partial charge < -0.3 is 15.2 Å². The summed E-state index contributed by atoms with van der Waals surface area (Å²) in [6.45, 7) is 0.688. The van der Waals surface area contributed by atoms with Crippen LogP contribution in [0.2, 0.25) is 0 Å². The molecule has 4 nitrogen and oxygen atoms in total. The minimum atomic E-state index is -0.912. The van der Waals surface area contributed by atoms with E-state index in [0.29, 0.717) is 12.1 Å². The number of allylic oxidation sites excluding steroid dienone is 1. The van der Waals surface area contributed by atoms with Crippen molar-refractivity contribution in [3.63, 3.8) is 0 Å². The topological polar surface area (TPSA) is 58.6 Å². The van der Waals surface area contributed by atoms with E-state index in [1.165, 1.54) is 0 Å². The quantitative estimate of drug-likeness (QED) is 0.838. The van der Waals surface area contributed by atoms with E-state index in [1.807, 2.05) is 12.1 Å². The monoisotopic (exact) mass is 233 g/mol. The van der Waals surface area contributed by atoms with Crippen LogP contribution in [0.1, 0.15) is 23.2 Å². The molecule has 0 amide bonds. The Kier molecular flexibility index (Phi) is 3.65. The number of rotatable bonds is 4. The van der Waals surface area contributed by atoms with Gasteiger partial charge in [-0.25, -0.2) is 4.79 Å². The Morgan fingerprint density at radius 2 is 2.41 bits per heavy atom. The molecule has 1 aliphatic rings. The van der Waals surface area contributed by atoms with Gasteiger partial charge in [-0.15, -0.1) is 0 Å². The van der Waals surface area contributed by atoms with Crippen LogP contribution < -0.4 is 5.32 Å². The molecule has 1 atom stereocenters. The molecule has 0 saturated carbocycles. The first-order valence-corrected chi connectivity index (χ1v) is 5.63. The maximum Gasteiger partial charge on any atom is 0.335 e. The second-order valence-corrected chi connectivity index (χ2v) is 3.97. The zero-order valence-corrected chi connectivity index (χ0v) is 9.43. The lowest BCUT2D eigenvalue weighted by Crippen LogP contribution is -2.23. The maximum absolute atomic E-state index is 10.8. The van der Waals surface area contributed by atoms with Gasteiger partial charge in [0.15, 0.2) is 0 Å². The summed E-state index contributed by atoms with van der Waals surface area (Å²) < 4.78 is 5.42. The molecule has 0 spiro atoms. The SMILES string of the molecule is O=C(O)c1cccc(NCC2CCC=CO2)c1. The first-order valence-electron chi connectivity index (χ1n) is 5.63. The molecule has 1 aliphatic heterocycles. The molecule has 0 bridgehead atoms. The molecule has 90 valence electrons. The summed E-state index contributed by atoms with van der Waals surface area (Å²) >= 11 is 0. The summed E-state index contributed by atoms with van der Waals surface area (Å²) in [4.78, 5) is 10.8. The summed E-state index contributed by atoms with van der Waals surface area (Å²) in [5.41, 5.74) is 1.10. The number of benzene rings is 1. The number of nitrogens with one attached hydrogen (secondary N) is 1. The molecular formula is C13H15NO3. The fourth-order valence-electron chi connectivity index (χ4n) is 1.73. The van der Waals surface area contributed by atoms with Crippen molar-refractivity contribution in [1.82, 2.24) is 0 Å². The van der Waals surface area contributed by atoms with Gasteiger partial charge >= 0.3 is 5.97 Å². The third kappa shape index (κ3) is 3.24. The molecule has 4 heteroatoms. The smallest absolute Gasteiger partial charge is 0.335 e. The van der Waals surface area contributed by atoms with Gasteiger partial charge in [0.25, 0.3) is 0 Å². The average Bonchev–Trinajstić information content (AvgIpc) is 2.38. The number of carboxylic acid groups (broad SMARTS) is 1. The van der Waals surface area contributed by atoms with Crippen LogP contribution in [-0.2, 0) is 4.74 Å². The Bertz CT molecular complexity index is 428. The predicted octanol–water partition coefficient (Wildman–Crippen LogP) is 2.49. The van der Waals surface area contributed by atoms with Gasteiger partial charge in [0.1, 0.15) is 6.10 Å². The van der Waals surface area contributed by atoms with Crippen LogP contribution in [0.3, 0.4) is 0 Å². The molecule has 0 aliphatic carbocycles. The van der Waals surface area contributed by atoms with E-state index in [-0.39, 0.29) is 6.10 Å². The normalized spacial score (nSPS) is 18.5.